The van der Waals surface area contributed by atoms with Crippen molar-refractivity contribution < 1.29 is 57.0 Å². The van der Waals surface area contributed by atoms with Crippen LogP contribution in [0.1, 0.15) is 0 Å². The van der Waals surface area contributed by atoms with Gasteiger partial charge in [0.25, 0.3) is 0 Å². The summed E-state index contributed by atoms with van der Waals surface area (Å²) in [5.74, 6) is 0. The van der Waals surface area contributed by atoms with Gasteiger partial charge in [-0.15, -0.1) is 0 Å². The Balaban J connectivity index is 0. The van der Waals surface area contributed by atoms with E-state index in [0.29, 0.717) is 0 Å². The first kappa shape index (κ1) is 33.0. The zero-order valence-corrected chi connectivity index (χ0v) is 6.79. The van der Waals surface area contributed by atoms with E-state index in [4.69, 9.17) is 0 Å². The third-order valence-electron chi connectivity index (χ3n) is 0. The maximum atomic E-state index is 0. The van der Waals surface area contributed by atoms with E-state index in [1.54, 1.807) is 0 Å². The van der Waals surface area contributed by atoms with Crippen molar-refractivity contribution in [3.63, 3.8) is 0 Å². The number of hydrogen-bond donors (Lipinski definition) is 0. The van der Waals surface area contributed by atoms with Crippen LogP contribution in [-0.4, -0.2) is 17.4 Å². The maximum Gasteiger partial charge on any atom is 0.187 e. The Hall–Kier alpha value is 2.34. The van der Waals surface area contributed by atoms with Crippen LogP contribution in [0.15, 0.2) is 0 Å². The molecule has 0 rings (SSSR count). The molecule has 0 fully saturated rings. The fraction of sp³-hybridized carbons (Fsp3) is 0. The summed E-state index contributed by atoms with van der Waals surface area (Å²) in [6, 6.07) is 0. The number of hydrogen-bond acceptors (Lipinski definition) is 0. The fourth-order valence-corrected chi connectivity index (χ4v) is 0. The molecule has 0 heterocycles. The monoisotopic (exact) mass is 263 g/mol. The molecule has 0 aliphatic carbocycles. The quantitative estimate of drug-likeness (QED) is 0.483. The third-order valence-corrected chi connectivity index (χ3v) is 0. The first-order valence-electron chi connectivity index (χ1n) is 0. The molecule has 0 aromatic carbocycles. The van der Waals surface area contributed by atoms with Crippen molar-refractivity contribution >= 4 is 17.4 Å². The van der Waals surface area contributed by atoms with Gasteiger partial charge in [0.2, 0.25) is 0 Å². The summed E-state index contributed by atoms with van der Waals surface area (Å²) in [6.07, 6.45) is 0. The summed E-state index contributed by atoms with van der Waals surface area (Å²) in [5.41, 5.74) is 0. The fourth-order valence-electron chi connectivity index (χ4n) is 0. The van der Waals surface area contributed by atoms with Gasteiger partial charge in [-0.25, -0.2) is 0 Å². The van der Waals surface area contributed by atoms with Gasteiger partial charge in [-0.2, -0.15) is 0 Å². The van der Waals surface area contributed by atoms with E-state index in [9.17, 15) is 0 Å². The van der Waals surface area contributed by atoms with Gasteiger partial charge in [-0.05, 0) is 0 Å². The Labute approximate surface area is 73.5 Å². The molecule has 0 aromatic rings. The van der Waals surface area contributed by atoms with Crippen LogP contribution in [-0.2, 0) is 57.0 Å². The third kappa shape index (κ3) is 8.84. The van der Waals surface area contributed by atoms with Crippen molar-refractivity contribution in [2.24, 2.45) is 0 Å². The molecule has 0 aromatic heterocycles. The van der Waals surface area contributed by atoms with Crippen LogP contribution < -0.4 is 0 Å². The first-order chi connectivity index (χ1) is 0. The molecule has 0 saturated carbocycles. The van der Waals surface area contributed by atoms with E-state index >= 15 is 0 Å². The van der Waals surface area contributed by atoms with E-state index < -0.39 is 0 Å². The van der Waals surface area contributed by atoms with Gasteiger partial charge in [0.15, 0.2) is 17.4 Å². The van der Waals surface area contributed by atoms with E-state index in [1.807, 2.05) is 0 Å². The molecule has 0 spiro atoms. The van der Waals surface area contributed by atoms with Gasteiger partial charge in [0.1, 0.15) is 0 Å². The summed E-state index contributed by atoms with van der Waals surface area (Å²) < 4.78 is 0. The standard InChI is InChI=1S/Al.Cu.Pd.Zn.3H. The summed E-state index contributed by atoms with van der Waals surface area (Å²) in [6.45, 7) is 0. The van der Waals surface area contributed by atoms with Gasteiger partial charge in [-0.1, -0.05) is 0 Å². The molecule has 29 valence electrons. The van der Waals surface area contributed by atoms with Gasteiger partial charge in [0, 0.05) is 57.0 Å². The number of rotatable bonds is 0. The van der Waals surface area contributed by atoms with Crippen LogP contribution >= 0.6 is 0 Å². The van der Waals surface area contributed by atoms with Gasteiger partial charge < -0.3 is 0 Å². The smallest absolute Gasteiger partial charge is 0 e. The second-order valence-electron chi connectivity index (χ2n) is 0. The summed E-state index contributed by atoms with van der Waals surface area (Å²) in [7, 11) is 0. The molecule has 0 atom stereocenters. The maximum absolute atomic E-state index is 0. The van der Waals surface area contributed by atoms with E-state index in [0.717, 1.165) is 0 Å². The van der Waals surface area contributed by atoms with Crippen LogP contribution in [0.2, 0.25) is 0 Å². The van der Waals surface area contributed by atoms with E-state index in [2.05, 4.69) is 0 Å². The molecule has 0 bridgehead atoms. The Morgan fingerprint density at radius 3 is 1.00 bits per heavy atom. The molecule has 4 heteroatoms. The van der Waals surface area contributed by atoms with Crippen LogP contribution in [0.3, 0.4) is 0 Å². The Kier molecular flexibility index (Phi) is 152. The summed E-state index contributed by atoms with van der Waals surface area (Å²) in [4.78, 5) is 0. The predicted octanol–water partition coefficient (Wildman–Crippen LogP) is -1.19. The van der Waals surface area contributed by atoms with Crippen LogP contribution in [0.25, 0.3) is 0 Å². The van der Waals surface area contributed by atoms with E-state index in [-0.39, 0.29) is 74.3 Å². The molecule has 0 nitrogen and oxygen atoms in total. The topological polar surface area (TPSA) is 0 Å². The average molecular weight is 265 g/mol. The molecule has 0 unspecified atom stereocenters. The molecular formula is H3AlCuPdZn. The summed E-state index contributed by atoms with van der Waals surface area (Å²) in [5, 5.41) is 0. The van der Waals surface area contributed by atoms with Gasteiger partial charge in [-0.3, -0.25) is 0 Å². The van der Waals surface area contributed by atoms with Crippen LogP contribution in [0.5, 0.6) is 0 Å². The molecule has 4 heavy (non-hydrogen) atoms. The Morgan fingerprint density at radius 2 is 1.00 bits per heavy atom. The minimum atomic E-state index is 0. The normalized spacial score (nSPS) is 0. The van der Waals surface area contributed by atoms with Crippen molar-refractivity contribution in [2.45, 2.75) is 0 Å². The average Bonchev–Trinajstić information content (AvgIpc) is 0. The zero-order chi connectivity index (χ0) is 0. The SMILES string of the molecule is [AlH3].[Cu].[Pd].[Zn]. The Morgan fingerprint density at radius 1 is 1.00 bits per heavy atom. The van der Waals surface area contributed by atoms with Crippen molar-refractivity contribution in [3.8, 4) is 0 Å². The molecule has 1 radical (unpaired) electrons. The van der Waals surface area contributed by atoms with Crippen molar-refractivity contribution in [3.05, 3.63) is 0 Å². The second kappa shape index (κ2) is 18.4. The second-order valence-corrected chi connectivity index (χ2v) is 0. The largest absolute Gasteiger partial charge is 0.187 e. The minimum absolute atomic E-state index is 0. The van der Waals surface area contributed by atoms with Crippen LogP contribution in [0.4, 0.5) is 0 Å². The van der Waals surface area contributed by atoms with Gasteiger partial charge >= 0.3 is 0 Å². The molecule has 0 saturated heterocycles. The van der Waals surface area contributed by atoms with Crippen LogP contribution in [0, 0.1) is 0 Å². The van der Waals surface area contributed by atoms with Crippen molar-refractivity contribution in [1.82, 2.24) is 0 Å². The zero-order valence-electron chi connectivity index (χ0n) is 1.32. The molecule has 0 aliphatic rings. The molecule has 0 aliphatic heterocycles. The minimum Gasteiger partial charge on any atom is 0 e. The van der Waals surface area contributed by atoms with Crippen molar-refractivity contribution in [2.75, 3.05) is 0 Å². The Bertz CT molecular complexity index is 8.00. The molecule has 0 amide bonds. The predicted molar refractivity (Wildman–Crippen MR) is 9.94 cm³/mol. The first-order valence-corrected chi connectivity index (χ1v) is 0. The molecular weight excluding hydrogens is 262 g/mol. The van der Waals surface area contributed by atoms with E-state index in [1.165, 1.54) is 0 Å². The van der Waals surface area contributed by atoms with Gasteiger partial charge in [0.05, 0.1) is 0 Å². The molecule has 0 N–H and O–H groups in total. The summed E-state index contributed by atoms with van der Waals surface area (Å²) >= 11 is 0. The van der Waals surface area contributed by atoms with Crippen molar-refractivity contribution in [1.29, 1.82) is 0 Å².